The highest BCUT2D eigenvalue weighted by atomic mass is 32.2. The molecule has 0 saturated heterocycles. The molecule has 0 aromatic heterocycles. The minimum Gasteiger partial charge on any atom is -0.490 e. The van der Waals surface area contributed by atoms with E-state index in [2.05, 4.69) is 0 Å². The molecule has 0 aliphatic carbocycles. The van der Waals surface area contributed by atoms with Crippen LogP contribution in [0.1, 0.15) is 13.8 Å². The lowest BCUT2D eigenvalue weighted by Crippen LogP contribution is -2.06. The third kappa shape index (κ3) is 2.73. The second kappa shape index (κ2) is 4.28. The predicted octanol–water partition coefficient (Wildman–Crippen LogP) is 1.44. The number of benzene rings is 1. The summed E-state index contributed by atoms with van der Waals surface area (Å²) in [5.41, 5.74) is 0. The molecule has 0 amide bonds. The van der Waals surface area contributed by atoms with E-state index in [4.69, 9.17) is 4.74 Å². The Kier molecular flexibility index (Phi) is 3.31. The van der Waals surface area contributed by atoms with Crippen molar-refractivity contribution in [3.63, 3.8) is 0 Å². The molecule has 0 aliphatic rings. The zero-order valence-corrected chi connectivity index (χ0v) is 8.45. The van der Waals surface area contributed by atoms with Crippen LogP contribution in [-0.4, -0.2) is 14.5 Å². The average molecular weight is 200 g/mol. The molecular formula is C9H12O3S. The van der Waals surface area contributed by atoms with Gasteiger partial charge in [-0.25, -0.2) is 8.42 Å². The van der Waals surface area contributed by atoms with E-state index in [1.165, 1.54) is 6.07 Å². The van der Waals surface area contributed by atoms with Crippen LogP contribution in [0.4, 0.5) is 0 Å². The Morgan fingerprint density at radius 2 is 1.85 bits per heavy atom. The van der Waals surface area contributed by atoms with Crippen molar-refractivity contribution in [2.24, 2.45) is 0 Å². The summed E-state index contributed by atoms with van der Waals surface area (Å²) in [6.07, 6.45) is -0.0175. The smallest absolute Gasteiger partial charge is 0.171 e. The maximum atomic E-state index is 10.8. The first kappa shape index (κ1) is 10.1. The van der Waals surface area contributed by atoms with Crippen LogP contribution >= 0.6 is 0 Å². The first-order valence-corrected chi connectivity index (χ1v) is 5.19. The molecule has 0 heterocycles. The highest BCUT2D eigenvalue weighted by molar-refractivity contribution is 7.72. The lowest BCUT2D eigenvalue weighted by atomic mass is 10.3. The average Bonchev–Trinajstić information content (AvgIpc) is 2.03. The van der Waals surface area contributed by atoms with Crippen molar-refractivity contribution in [2.45, 2.75) is 24.8 Å². The lowest BCUT2D eigenvalue weighted by molar-refractivity contribution is 0.236. The summed E-state index contributed by atoms with van der Waals surface area (Å²) in [5, 5.41) is 0. The molecule has 0 bridgehead atoms. The summed E-state index contributed by atoms with van der Waals surface area (Å²) >= 11 is 0. The van der Waals surface area contributed by atoms with Gasteiger partial charge in [0, 0.05) is 0 Å². The number of hydrogen-bond donors (Lipinski definition) is 1. The van der Waals surface area contributed by atoms with Gasteiger partial charge in [-0.05, 0) is 26.0 Å². The van der Waals surface area contributed by atoms with E-state index in [0.29, 0.717) is 5.75 Å². The van der Waals surface area contributed by atoms with Crippen molar-refractivity contribution in [1.82, 2.24) is 0 Å². The molecule has 4 heteroatoms. The quantitative estimate of drug-likeness (QED) is 0.751. The predicted molar refractivity (Wildman–Crippen MR) is 50.8 cm³/mol. The van der Waals surface area contributed by atoms with Crippen molar-refractivity contribution in [3.05, 3.63) is 24.3 Å². The minimum atomic E-state index is -2.57. The normalized spacial score (nSPS) is 10.8. The fourth-order valence-corrected chi connectivity index (χ4v) is 1.48. The molecule has 1 aromatic carbocycles. The number of para-hydroxylation sites is 1. The maximum absolute atomic E-state index is 10.8. The van der Waals surface area contributed by atoms with Crippen LogP contribution in [0.5, 0.6) is 5.75 Å². The molecule has 0 aliphatic heterocycles. The van der Waals surface area contributed by atoms with Crippen molar-refractivity contribution in [2.75, 3.05) is 0 Å². The van der Waals surface area contributed by atoms with Gasteiger partial charge < -0.3 is 4.74 Å². The van der Waals surface area contributed by atoms with Gasteiger partial charge >= 0.3 is 0 Å². The molecule has 1 aromatic rings. The summed E-state index contributed by atoms with van der Waals surface area (Å²) in [5.74, 6) is 0.425. The fourth-order valence-electron chi connectivity index (χ4n) is 0.962. The third-order valence-corrected chi connectivity index (χ3v) is 2.19. The molecule has 1 rings (SSSR count). The van der Waals surface area contributed by atoms with Gasteiger partial charge in [0.25, 0.3) is 0 Å². The van der Waals surface area contributed by atoms with E-state index in [0.717, 1.165) is 0 Å². The Balaban J connectivity index is 3.05. The van der Waals surface area contributed by atoms with Crippen molar-refractivity contribution in [3.8, 4) is 5.75 Å². The van der Waals surface area contributed by atoms with Crippen LogP contribution < -0.4 is 4.74 Å². The van der Waals surface area contributed by atoms with Gasteiger partial charge in [-0.3, -0.25) is 0 Å². The fraction of sp³-hybridized carbons (Fsp3) is 0.333. The highest BCUT2D eigenvalue weighted by Gasteiger charge is 2.05. The molecule has 0 saturated carbocycles. The summed E-state index contributed by atoms with van der Waals surface area (Å²) in [4.78, 5) is 0.242. The summed E-state index contributed by atoms with van der Waals surface area (Å²) in [7, 11) is -2.57. The van der Waals surface area contributed by atoms with E-state index < -0.39 is 10.7 Å². The van der Waals surface area contributed by atoms with Crippen molar-refractivity contribution < 1.29 is 13.2 Å². The van der Waals surface area contributed by atoms with E-state index in [-0.39, 0.29) is 11.0 Å². The third-order valence-electron chi connectivity index (χ3n) is 1.42. The summed E-state index contributed by atoms with van der Waals surface area (Å²) in [6, 6.07) is 6.61. The molecule has 0 unspecified atom stereocenters. The minimum absolute atomic E-state index is 0.0175. The zero-order chi connectivity index (χ0) is 9.84. The van der Waals surface area contributed by atoms with E-state index in [1.54, 1.807) is 18.2 Å². The van der Waals surface area contributed by atoms with Crippen LogP contribution in [0.2, 0.25) is 0 Å². The molecule has 0 spiro atoms. The topological polar surface area (TPSA) is 43.4 Å². The monoisotopic (exact) mass is 200 g/mol. The first-order chi connectivity index (χ1) is 6.11. The number of hydrogen-bond acceptors (Lipinski definition) is 3. The van der Waals surface area contributed by atoms with Crippen LogP contribution in [-0.2, 0) is 10.7 Å². The van der Waals surface area contributed by atoms with E-state index >= 15 is 0 Å². The van der Waals surface area contributed by atoms with Crippen molar-refractivity contribution in [1.29, 1.82) is 0 Å². The highest BCUT2D eigenvalue weighted by Crippen LogP contribution is 2.20. The molecule has 0 atom stereocenters. The molecule has 13 heavy (non-hydrogen) atoms. The van der Waals surface area contributed by atoms with Gasteiger partial charge in [0.2, 0.25) is 0 Å². The number of rotatable bonds is 3. The summed E-state index contributed by atoms with van der Waals surface area (Å²) in [6.45, 7) is 3.71. The number of ether oxygens (including phenoxy) is 1. The molecule has 0 N–H and O–H groups in total. The van der Waals surface area contributed by atoms with Gasteiger partial charge in [-0.2, -0.15) is 0 Å². The van der Waals surface area contributed by atoms with Gasteiger partial charge in [0.05, 0.1) is 6.10 Å². The molecule has 3 nitrogen and oxygen atoms in total. The standard InChI is InChI=1S/C9H12O3S/c1-7(2)12-8-5-3-4-6-9(8)13(10)11/h3-7,13H,1-2H3. The Bertz CT molecular complexity index is 348. The second-order valence-electron chi connectivity index (χ2n) is 2.89. The Labute approximate surface area is 79.3 Å². The lowest BCUT2D eigenvalue weighted by Gasteiger charge is -2.10. The Hall–Kier alpha value is -1.03. The maximum Gasteiger partial charge on any atom is 0.171 e. The molecule has 72 valence electrons. The van der Waals surface area contributed by atoms with E-state index in [9.17, 15) is 8.42 Å². The van der Waals surface area contributed by atoms with Crippen LogP contribution in [0.3, 0.4) is 0 Å². The zero-order valence-electron chi connectivity index (χ0n) is 7.56. The first-order valence-electron chi connectivity index (χ1n) is 4.01. The Morgan fingerprint density at radius 3 is 2.38 bits per heavy atom. The second-order valence-corrected chi connectivity index (χ2v) is 3.89. The van der Waals surface area contributed by atoms with E-state index in [1.807, 2.05) is 13.8 Å². The SMILES string of the molecule is CC(C)Oc1ccccc1[SH](=O)=O. The van der Waals surface area contributed by atoms with Gasteiger partial charge in [0.1, 0.15) is 10.6 Å². The number of thiol groups is 1. The Morgan fingerprint density at radius 1 is 1.23 bits per heavy atom. The van der Waals surface area contributed by atoms with Gasteiger partial charge in [-0.15, -0.1) is 0 Å². The van der Waals surface area contributed by atoms with Crippen molar-refractivity contribution >= 4 is 10.7 Å². The van der Waals surface area contributed by atoms with Crippen LogP contribution in [0.15, 0.2) is 29.2 Å². The molecule has 0 fully saturated rings. The van der Waals surface area contributed by atoms with Crippen LogP contribution in [0.25, 0.3) is 0 Å². The van der Waals surface area contributed by atoms with Gasteiger partial charge in [0.15, 0.2) is 10.7 Å². The van der Waals surface area contributed by atoms with Gasteiger partial charge in [-0.1, -0.05) is 12.1 Å². The summed E-state index contributed by atoms with van der Waals surface area (Å²) < 4.78 is 26.8. The largest absolute Gasteiger partial charge is 0.490 e. The van der Waals surface area contributed by atoms with Crippen LogP contribution in [0, 0.1) is 0 Å². The molecular weight excluding hydrogens is 188 g/mol. The molecule has 0 radical (unpaired) electrons.